The fourth-order valence-corrected chi connectivity index (χ4v) is 1.74. The average Bonchev–Trinajstić information content (AvgIpc) is 2.49. The Morgan fingerprint density at radius 2 is 1.76 bits per heavy atom. The van der Waals surface area contributed by atoms with Crippen LogP contribution in [0.4, 0.5) is 0 Å². The maximum atomic E-state index is 11.6. The molecule has 0 spiro atoms. The van der Waals surface area contributed by atoms with Crippen LogP contribution in [0.1, 0.15) is 13.8 Å². The second-order valence-electron chi connectivity index (χ2n) is 4.19. The van der Waals surface area contributed by atoms with Gasteiger partial charge in [0.2, 0.25) is 0 Å². The number of carbonyl (C=O) groups is 1. The molecule has 5 nitrogen and oxygen atoms in total. The highest BCUT2D eigenvalue weighted by Crippen LogP contribution is 2.25. The summed E-state index contributed by atoms with van der Waals surface area (Å²) >= 11 is 0. The summed E-state index contributed by atoms with van der Waals surface area (Å²) in [5.74, 6) is 0.766. The zero-order valence-electron chi connectivity index (χ0n) is 12.8. The Labute approximate surface area is 132 Å². The normalized spacial score (nSPS) is 9.90. The number of hydrogen-bond acceptors (Lipinski definition) is 5. The average molecular weight is 318 g/mol. The number of nitrogens with zero attached hydrogens (tertiary/aromatic N) is 1. The molecular weight excluding hydrogens is 294 g/mol. The molecule has 0 saturated carbocycles. The van der Waals surface area contributed by atoms with Crippen LogP contribution in [-0.2, 0) is 9.53 Å². The fraction of sp³-hybridized carbons (Fsp3) is 0.533. The van der Waals surface area contributed by atoms with Crippen LogP contribution in [0.2, 0.25) is 0 Å². The van der Waals surface area contributed by atoms with E-state index in [9.17, 15) is 4.79 Å². The van der Waals surface area contributed by atoms with Gasteiger partial charge in [0.1, 0.15) is 6.61 Å². The maximum absolute atomic E-state index is 11.6. The van der Waals surface area contributed by atoms with E-state index < -0.39 is 0 Å². The summed E-state index contributed by atoms with van der Waals surface area (Å²) < 4.78 is 15.6. The summed E-state index contributed by atoms with van der Waals surface area (Å²) in [6.45, 7) is 7.07. The minimum atomic E-state index is -0.372. The lowest BCUT2D eigenvalue weighted by molar-refractivity contribution is -0.146. The van der Waals surface area contributed by atoms with Gasteiger partial charge >= 0.3 is 5.97 Å². The molecular formula is C15H24ClNO4. The highest BCUT2D eigenvalue weighted by atomic mass is 35.5. The van der Waals surface area contributed by atoms with Crippen LogP contribution in [0.3, 0.4) is 0 Å². The van der Waals surface area contributed by atoms with Gasteiger partial charge in [-0.1, -0.05) is 26.0 Å². The molecule has 0 amide bonds. The zero-order valence-corrected chi connectivity index (χ0v) is 13.6. The highest BCUT2D eigenvalue weighted by Gasteiger charge is 2.08. The van der Waals surface area contributed by atoms with E-state index in [4.69, 9.17) is 14.2 Å². The second kappa shape index (κ2) is 11.2. The van der Waals surface area contributed by atoms with Crippen LogP contribution in [0.5, 0.6) is 11.5 Å². The SMILES string of the molecule is CCN(CC)CCOC(=O)COc1ccccc1OC.Cl. The molecule has 0 aromatic heterocycles. The van der Waals surface area contributed by atoms with Crippen molar-refractivity contribution in [3.05, 3.63) is 24.3 Å². The molecule has 0 saturated heterocycles. The lowest BCUT2D eigenvalue weighted by Gasteiger charge is -2.17. The Bertz CT molecular complexity index is 410. The predicted molar refractivity (Wildman–Crippen MR) is 84.5 cm³/mol. The third-order valence-electron chi connectivity index (χ3n) is 2.98. The van der Waals surface area contributed by atoms with E-state index >= 15 is 0 Å². The number of para-hydroxylation sites is 2. The van der Waals surface area contributed by atoms with Crippen molar-refractivity contribution in [2.75, 3.05) is 40.0 Å². The first-order valence-electron chi connectivity index (χ1n) is 6.85. The van der Waals surface area contributed by atoms with E-state index in [0.29, 0.717) is 18.1 Å². The minimum absolute atomic E-state index is 0. The van der Waals surface area contributed by atoms with Gasteiger partial charge in [0.05, 0.1) is 7.11 Å². The molecule has 0 aliphatic carbocycles. The molecule has 1 rings (SSSR count). The van der Waals surface area contributed by atoms with E-state index in [-0.39, 0.29) is 25.0 Å². The van der Waals surface area contributed by atoms with Crippen LogP contribution < -0.4 is 9.47 Å². The summed E-state index contributed by atoms with van der Waals surface area (Å²) in [7, 11) is 1.56. The number of esters is 1. The number of carbonyl (C=O) groups excluding carboxylic acids is 1. The van der Waals surface area contributed by atoms with Crippen LogP contribution in [-0.4, -0.2) is 50.8 Å². The molecule has 6 heteroatoms. The van der Waals surface area contributed by atoms with Gasteiger partial charge in [-0.25, -0.2) is 4.79 Å². The van der Waals surface area contributed by atoms with Gasteiger partial charge in [-0.3, -0.25) is 0 Å². The Hall–Kier alpha value is -1.46. The van der Waals surface area contributed by atoms with E-state index in [1.165, 1.54) is 0 Å². The van der Waals surface area contributed by atoms with Gasteiger partial charge in [0, 0.05) is 6.54 Å². The first kappa shape index (κ1) is 19.5. The molecule has 1 aromatic rings. The number of ether oxygens (including phenoxy) is 3. The van der Waals surface area contributed by atoms with Crippen LogP contribution in [0.25, 0.3) is 0 Å². The molecule has 1 aromatic carbocycles. The van der Waals surface area contributed by atoms with Crippen LogP contribution >= 0.6 is 12.4 Å². The Balaban J connectivity index is 0.00000400. The Morgan fingerprint density at radius 3 is 2.33 bits per heavy atom. The first-order chi connectivity index (χ1) is 9.71. The molecule has 0 fully saturated rings. The van der Waals surface area contributed by atoms with E-state index in [2.05, 4.69) is 18.7 Å². The molecule has 0 heterocycles. The Morgan fingerprint density at radius 1 is 1.14 bits per heavy atom. The third-order valence-corrected chi connectivity index (χ3v) is 2.98. The largest absolute Gasteiger partial charge is 0.493 e. The molecule has 0 atom stereocenters. The van der Waals surface area contributed by atoms with Gasteiger partial charge in [-0.15, -0.1) is 12.4 Å². The van der Waals surface area contributed by atoms with Crippen molar-refractivity contribution in [2.45, 2.75) is 13.8 Å². The summed E-state index contributed by atoms with van der Waals surface area (Å²) in [4.78, 5) is 13.8. The van der Waals surface area contributed by atoms with Crippen molar-refractivity contribution in [1.29, 1.82) is 0 Å². The fourth-order valence-electron chi connectivity index (χ4n) is 1.74. The van der Waals surface area contributed by atoms with E-state index in [0.717, 1.165) is 19.6 Å². The van der Waals surface area contributed by atoms with Gasteiger partial charge in [0.25, 0.3) is 0 Å². The van der Waals surface area contributed by atoms with Crippen molar-refractivity contribution >= 4 is 18.4 Å². The number of benzene rings is 1. The van der Waals surface area contributed by atoms with Gasteiger partial charge in [-0.05, 0) is 25.2 Å². The molecule has 0 aliphatic rings. The van der Waals surface area contributed by atoms with Crippen molar-refractivity contribution < 1.29 is 19.0 Å². The molecule has 0 unspecified atom stereocenters. The molecule has 0 N–H and O–H groups in total. The minimum Gasteiger partial charge on any atom is -0.493 e. The number of hydrogen-bond donors (Lipinski definition) is 0. The summed E-state index contributed by atoms with van der Waals surface area (Å²) in [5, 5.41) is 0. The van der Waals surface area contributed by atoms with Crippen molar-refractivity contribution in [3.8, 4) is 11.5 Å². The molecule has 0 aliphatic heterocycles. The maximum Gasteiger partial charge on any atom is 0.344 e. The summed E-state index contributed by atoms with van der Waals surface area (Å²) in [5.41, 5.74) is 0. The van der Waals surface area contributed by atoms with E-state index in [1.54, 1.807) is 19.2 Å². The van der Waals surface area contributed by atoms with Crippen LogP contribution in [0.15, 0.2) is 24.3 Å². The quantitative estimate of drug-likeness (QED) is 0.654. The van der Waals surface area contributed by atoms with Crippen molar-refractivity contribution in [2.24, 2.45) is 0 Å². The summed E-state index contributed by atoms with van der Waals surface area (Å²) in [6, 6.07) is 7.20. The smallest absolute Gasteiger partial charge is 0.344 e. The number of methoxy groups -OCH3 is 1. The lowest BCUT2D eigenvalue weighted by atomic mass is 10.3. The summed E-state index contributed by atoms with van der Waals surface area (Å²) in [6.07, 6.45) is 0. The lowest BCUT2D eigenvalue weighted by Crippen LogP contribution is -2.28. The van der Waals surface area contributed by atoms with Crippen molar-refractivity contribution in [3.63, 3.8) is 0 Å². The highest BCUT2D eigenvalue weighted by molar-refractivity contribution is 5.85. The second-order valence-corrected chi connectivity index (χ2v) is 4.19. The van der Waals surface area contributed by atoms with Crippen LogP contribution in [0, 0.1) is 0 Å². The predicted octanol–water partition coefficient (Wildman–Crippen LogP) is 2.38. The Kier molecular flexibility index (Phi) is 10.4. The topological polar surface area (TPSA) is 48.0 Å². The van der Waals surface area contributed by atoms with Crippen molar-refractivity contribution in [1.82, 2.24) is 4.90 Å². The standard InChI is InChI=1S/C15H23NO4.ClH/c1-4-16(5-2)10-11-19-15(17)12-20-14-9-7-6-8-13(14)18-3;/h6-9H,4-5,10-12H2,1-3H3;1H. The molecule has 0 radical (unpaired) electrons. The van der Waals surface area contributed by atoms with Gasteiger partial charge in [-0.2, -0.15) is 0 Å². The van der Waals surface area contributed by atoms with Gasteiger partial charge < -0.3 is 19.1 Å². The number of likely N-dealkylation sites (N-methyl/N-ethyl adjacent to an activating group) is 1. The molecule has 120 valence electrons. The number of rotatable bonds is 9. The van der Waals surface area contributed by atoms with Gasteiger partial charge in [0.15, 0.2) is 18.1 Å². The molecule has 0 bridgehead atoms. The zero-order chi connectivity index (χ0) is 14.8. The van der Waals surface area contributed by atoms with E-state index in [1.807, 2.05) is 12.1 Å². The molecule has 21 heavy (non-hydrogen) atoms. The monoisotopic (exact) mass is 317 g/mol. The third kappa shape index (κ3) is 7.20. The number of halogens is 1. The first-order valence-corrected chi connectivity index (χ1v) is 6.85.